The fourth-order valence-electron chi connectivity index (χ4n) is 2.03. The maximum Gasteiger partial charge on any atom is 0.506 e. The van der Waals surface area contributed by atoms with Gasteiger partial charge < -0.3 is 9.84 Å². The number of carbonyl (C=O) groups is 1. The van der Waals surface area contributed by atoms with Gasteiger partial charge in [0.05, 0.1) is 4.92 Å². The lowest BCUT2D eigenvalue weighted by Crippen LogP contribution is -2.11. The molecule has 9 heteroatoms. The summed E-state index contributed by atoms with van der Waals surface area (Å²) in [5.74, 6) is 0. The average Bonchev–Trinajstić information content (AvgIpc) is 2.53. The maximum atomic E-state index is 11.0. The zero-order valence-electron chi connectivity index (χ0n) is 11.6. The van der Waals surface area contributed by atoms with Gasteiger partial charge in [0, 0.05) is 28.3 Å². The van der Waals surface area contributed by atoms with Gasteiger partial charge in [-0.2, -0.15) is 0 Å². The monoisotopic (exact) mass is 314 g/mol. The molecule has 23 heavy (non-hydrogen) atoms. The largest absolute Gasteiger partial charge is 0.506 e. The molecule has 0 aliphatic rings. The van der Waals surface area contributed by atoms with E-state index in [0.717, 1.165) is 0 Å². The van der Waals surface area contributed by atoms with E-state index in [9.17, 15) is 14.9 Å². The SMILES string of the molecule is [N-]=[N+]=Nc1ccccc1C(OC(=O)O)c1ccc([N+](=O)[O-])cc1. The third kappa shape index (κ3) is 3.74. The number of non-ortho nitro benzene ring substituents is 1. The minimum atomic E-state index is -1.52. The third-order valence-electron chi connectivity index (χ3n) is 3.00. The minimum Gasteiger partial charge on any atom is -0.450 e. The number of rotatable bonds is 5. The van der Waals surface area contributed by atoms with Gasteiger partial charge in [0.1, 0.15) is 0 Å². The van der Waals surface area contributed by atoms with E-state index in [1.165, 1.54) is 30.3 Å². The van der Waals surface area contributed by atoms with Crippen LogP contribution in [0.15, 0.2) is 53.6 Å². The van der Waals surface area contributed by atoms with Gasteiger partial charge in [-0.25, -0.2) is 4.79 Å². The average molecular weight is 314 g/mol. The zero-order chi connectivity index (χ0) is 16.8. The van der Waals surface area contributed by atoms with Crippen LogP contribution in [0.3, 0.4) is 0 Å². The lowest BCUT2D eigenvalue weighted by atomic mass is 9.99. The summed E-state index contributed by atoms with van der Waals surface area (Å²) in [4.78, 5) is 23.8. The van der Waals surface area contributed by atoms with Crippen LogP contribution < -0.4 is 0 Å². The first-order valence-electron chi connectivity index (χ1n) is 6.31. The van der Waals surface area contributed by atoms with Crippen LogP contribution in [0.5, 0.6) is 0 Å². The van der Waals surface area contributed by atoms with Crippen LogP contribution in [0, 0.1) is 10.1 Å². The fourth-order valence-corrected chi connectivity index (χ4v) is 2.03. The van der Waals surface area contributed by atoms with E-state index in [1.807, 2.05) is 0 Å². The quantitative estimate of drug-likeness (QED) is 0.218. The number of hydrogen-bond acceptors (Lipinski definition) is 5. The van der Waals surface area contributed by atoms with Crippen molar-refractivity contribution in [2.75, 3.05) is 0 Å². The molecule has 0 aliphatic carbocycles. The highest BCUT2D eigenvalue weighted by atomic mass is 16.7. The first kappa shape index (κ1) is 15.8. The Balaban J connectivity index is 2.51. The highest BCUT2D eigenvalue weighted by Crippen LogP contribution is 2.34. The molecular weight excluding hydrogens is 304 g/mol. The van der Waals surface area contributed by atoms with E-state index >= 15 is 0 Å². The Morgan fingerprint density at radius 2 is 1.91 bits per heavy atom. The van der Waals surface area contributed by atoms with Gasteiger partial charge in [0.2, 0.25) is 0 Å². The van der Waals surface area contributed by atoms with Crippen molar-refractivity contribution in [3.8, 4) is 0 Å². The van der Waals surface area contributed by atoms with E-state index in [1.54, 1.807) is 18.2 Å². The summed E-state index contributed by atoms with van der Waals surface area (Å²) in [5.41, 5.74) is 9.39. The molecule has 2 aromatic rings. The Kier molecular flexibility index (Phi) is 4.75. The van der Waals surface area contributed by atoms with Gasteiger partial charge in [0.15, 0.2) is 6.10 Å². The van der Waals surface area contributed by atoms with E-state index < -0.39 is 17.2 Å². The molecule has 0 fully saturated rings. The van der Waals surface area contributed by atoms with Crippen molar-refractivity contribution >= 4 is 17.5 Å². The van der Waals surface area contributed by atoms with Gasteiger partial charge in [0.25, 0.3) is 5.69 Å². The number of ether oxygens (including phenoxy) is 1. The molecule has 0 saturated carbocycles. The van der Waals surface area contributed by atoms with Crippen LogP contribution in [0.4, 0.5) is 16.2 Å². The normalized spacial score (nSPS) is 11.1. The number of nitro groups is 1. The first-order valence-corrected chi connectivity index (χ1v) is 6.31. The van der Waals surface area contributed by atoms with Gasteiger partial charge in [-0.05, 0) is 23.2 Å². The lowest BCUT2D eigenvalue weighted by molar-refractivity contribution is -0.384. The molecule has 0 spiro atoms. The Labute approximate surface area is 129 Å². The summed E-state index contributed by atoms with van der Waals surface area (Å²) in [7, 11) is 0. The van der Waals surface area contributed by atoms with Crippen LogP contribution in [0.25, 0.3) is 10.4 Å². The van der Waals surface area contributed by atoms with Crippen molar-refractivity contribution < 1.29 is 19.6 Å². The molecule has 0 amide bonds. The molecule has 1 N–H and O–H groups in total. The Bertz CT molecular complexity index is 784. The summed E-state index contributed by atoms with van der Waals surface area (Å²) < 4.78 is 4.87. The summed E-state index contributed by atoms with van der Waals surface area (Å²) in [6, 6.07) is 11.6. The van der Waals surface area contributed by atoms with E-state index in [4.69, 9.17) is 15.4 Å². The second kappa shape index (κ2) is 6.92. The van der Waals surface area contributed by atoms with Gasteiger partial charge in [-0.15, -0.1) is 0 Å². The van der Waals surface area contributed by atoms with Crippen molar-refractivity contribution in [2.24, 2.45) is 5.11 Å². The summed E-state index contributed by atoms with van der Waals surface area (Å²) in [6.45, 7) is 0. The number of hydrogen-bond donors (Lipinski definition) is 1. The fraction of sp³-hybridized carbons (Fsp3) is 0.0714. The number of nitro benzene ring substituents is 1. The molecule has 0 aliphatic heterocycles. The third-order valence-corrected chi connectivity index (χ3v) is 3.00. The van der Waals surface area contributed by atoms with Crippen molar-refractivity contribution in [1.29, 1.82) is 0 Å². The Morgan fingerprint density at radius 1 is 1.26 bits per heavy atom. The molecule has 1 unspecified atom stereocenters. The molecule has 1 atom stereocenters. The second-order valence-electron chi connectivity index (χ2n) is 4.36. The lowest BCUT2D eigenvalue weighted by Gasteiger charge is -2.18. The summed E-state index contributed by atoms with van der Waals surface area (Å²) in [6.07, 6.45) is -2.60. The topological polar surface area (TPSA) is 138 Å². The molecule has 116 valence electrons. The van der Waals surface area contributed by atoms with Crippen LogP contribution in [-0.2, 0) is 4.74 Å². The second-order valence-corrected chi connectivity index (χ2v) is 4.36. The van der Waals surface area contributed by atoms with Crippen LogP contribution in [0.1, 0.15) is 17.2 Å². The van der Waals surface area contributed by atoms with Crippen LogP contribution in [-0.4, -0.2) is 16.2 Å². The van der Waals surface area contributed by atoms with Crippen molar-refractivity contribution in [3.63, 3.8) is 0 Å². The van der Waals surface area contributed by atoms with E-state index in [2.05, 4.69) is 10.0 Å². The smallest absolute Gasteiger partial charge is 0.450 e. The van der Waals surface area contributed by atoms with Crippen LogP contribution >= 0.6 is 0 Å². The minimum absolute atomic E-state index is 0.133. The summed E-state index contributed by atoms with van der Waals surface area (Å²) in [5, 5.41) is 23.1. The molecule has 0 bridgehead atoms. The molecule has 0 aromatic heterocycles. The molecule has 2 aromatic carbocycles. The predicted octanol–water partition coefficient (Wildman–Crippen LogP) is 4.32. The number of nitrogens with zero attached hydrogens (tertiary/aromatic N) is 4. The first-order chi connectivity index (χ1) is 11.0. The molecule has 0 heterocycles. The van der Waals surface area contributed by atoms with Crippen molar-refractivity contribution in [3.05, 3.63) is 80.2 Å². The van der Waals surface area contributed by atoms with Gasteiger partial charge in [-0.3, -0.25) is 10.1 Å². The van der Waals surface area contributed by atoms with Crippen molar-refractivity contribution in [2.45, 2.75) is 6.10 Å². The summed E-state index contributed by atoms with van der Waals surface area (Å²) >= 11 is 0. The Hall–Kier alpha value is -3.58. The van der Waals surface area contributed by atoms with Gasteiger partial charge in [-0.1, -0.05) is 29.4 Å². The highest BCUT2D eigenvalue weighted by Gasteiger charge is 2.22. The number of carboxylic acid groups (broad SMARTS) is 1. The van der Waals surface area contributed by atoms with Gasteiger partial charge >= 0.3 is 6.16 Å². The molecular formula is C14H10N4O5. The molecule has 9 nitrogen and oxygen atoms in total. The maximum absolute atomic E-state index is 11.0. The molecule has 0 radical (unpaired) electrons. The molecule has 0 saturated heterocycles. The highest BCUT2D eigenvalue weighted by molar-refractivity contribution is 5.60. The van der Waals surface area contributed by atoms with E-state index in [0.29, 0.717) is 11.1 Å². The predicted molar refractivity (Wildman–Crippen MR) is 79.3 cm³/mol. The van der Waals surface area contributed by atoms with Crippen molar-refractivity contribution in [1.82, 2.24) is 0 Å². The van der Waals surface area contributed by atoms with Crippen LogP contribution in [0.2, 0.25) is 0 Å². The number of benzene rings is 2. The zero-order valence-corrected chi connectivity index (χ0v) is 11.6. The Morgan fingerprint density at radius 3 is 2.48 bits per heavy atom. The standard InChI is InChI=1S/C14H10N4O5/c15-17-16-12-4-2-1-3-11(12)13(23-14(19)20)9-5-7-10(8-6-9)18(21)22/h1-8,13H,(H,19,20). The molecule has 2 rings (SSSR count). The number of azide groups is 1. The van der Waals surface area contributed by atoms with E-state index in [-0.39, 0.29) is 11.4 Å².